The van der Waals surface area contributed by atoms with Crippen LogP contribution >= 0.6 is 0 Å². The number of unbranched alkanes of at least 4 members (excludes halogenated alkanes) is 1. The summed E-state index contributed by atoms with van der Waals surface area (Å²) in [5, 5.41) is 33.9. The summed E-state index contributed by atoms with van der Waals surface area (Å²) < 4.78 is 0. The van der Waals surface area contributed by atoms with E-state index >= 15 is 0 Å². The maximum Gasteiger partial charge on any atom is 0.373 e. The number of carbonyl (C=O) groups is 12. The summed E-state index contributed by atoms with van der Waals surface area (Å²) >= 11 is 0. The van der Waals surface area contributed by atoms with Gasteiger partial charge in [0.15, 0.2) is 29.1 Å². The molecule has 630 valence electrons. The van der Waals surface area contributed by atoms with E-state index in [0.29, 0.717) is 50.3 Å². The van der Waals surface area contributed by atoms with E-state index < -0.39 is 139 Å². The summed E-state index contributed by atoms with van der Waals surface area (Å²) in [4.78, 5) is 236. The van der Waals surface area contributed by atoms with Gasteiger partial charge in [-0.2, -0.15) is 28.8 Å². The minimum atomic E-state index is -1.27. The van der Waals surface area contributed by atoms with Crippen LogP contribution in [0.25, 0.3) is 10.9 Å². The molecule has 0 aliphatic carbocycles. The molecule has 6 amide bonds. The monoisotopic (exact) mass is 1610 g/mol. The predicted molar refractivity (Wildman–Crippen MR) is 419 cm³/mol. The van der Waals surface area contributed by atoms with Crippen LogP contribution in [0.1, 0.15) is 119 Å². The number of ketones is 4. The summed E-state index contributed by atoms with van der Waals surface area (Å²) in [7, 11) is 6.09. The van der Waals surface area contributed by atoms with Gasteiger partial charge in [0, 0.05) is 169 Å². The molecule has 116 heavy (non-hydrogen) atoms. The Bertz CT molecular complexity index is 4000. The maximum atomic E-state index is 15.0. The van der Waals surface area contributed by atoms with E-state index in [9.17, 15) is 67.7 Å². The highest BCUT2D eigenvalue weighted by Gasteiger charge is 2.35. The zero-order valence-corrected chi connectivity index (χ0v) is 65.9. The lowest BCUT2D eigenvalue weighted by Gasteiger charge is -2.30. The lowest BCUT2D eigenvalue weighted by Crippen LogP contribution is -2.49. The lowest BCUT2D eigenvalue weighted by atomic mass is 9.88. The molecule has 1 aliphatic rings. The molecule has 15 N–H and O–H groups in total. The van der Waals surface area contributed by atoms with Gasteiger partial charge in [0.25, 0.3) is 0 Å². The SMILES string of the molecule is CN1CCN(C)CCN(CC(=O)NC(CCC(=O)O)C(=O)CC(CCC(=O)O)C(=O)NCCCC[C@H](CC(=O)CNC(=O)[C@@H](CC(=O)[C@H](CCCN=C(N)N)NC(=O)[C@H](CC(=O)[C@H](Cc2cnc[nH]2)NC(=O)CCCc2ccccc2)Cc2ccccc2)Cc2c[nH]c3ccccc23)C(N)=O)CCN(C)CC1.O=C=O.O=C=O.O=C=O. The molecule has 0 bridgehead atoms. The molecule has 3 heterocycles. The van der Waals surface area contributed by atoms with E-state index in [1.807, 2.05) is 91.8 Å². The standard InChI is InChI=1S/C77H110N16O14.3CO2/c1-90-32-34-91(2)36-38-93(39-37-92(3)35-33-90)50-70(99)87-64(27-29-72(102)103)66(95)43-55(26-28-71(100)101)74(105)82-30-13-12-21-54(73(78)104)42-60(94)49-85-75(106)57(41-58-47-84-62-23-11-10-22-61(58)62)45-67(96)63(24-15-31-83-77(79)80)89-76(107)56(40-53-18-8-5-9-19-53)44-68(97)65(46-59-48-81-51-86-59)88-69(98)25-14-20-52-16-6-4-7-17-52;3*2-1-3/h4-11,16-19,22-23,47-48,51,54-57,63-65,84H,12-15,20-21,24-46,49-50H2,1-3H3,(H2,78,104)(H,81,86)(H,82,105)(H,85,106)(H,87,99)(H,88,98)(H,89,107)(H,100,101)(H,102,103)(H4,79,80,83);;;/t54-,55?,56+,57-,63+,64?,65+;;;/m1.../s1. The van der Waals surface area contributed by atoms with Crippen LogP contribution in [0.3, 0.4) is 0 Å². The molecule has 3 aromatic carbocycles. The van der Waals surface area contributed by atoms with Crippen molar-refractivity contribution >= 4 is 106 Å². The van der Waals surface area contributed by atoms with Gasteiger partial charge in [0.05, 0.1) is 37.5 Å². The van der Waals surface area contributed by atoms with Crippen LogP contribution in [-0.2, 0) is 112 Å². The van der Waals surface area contributed by atoms with Crippen molar-refractivity contribution in [2.75, 3.05) is 99.7 Å². The average molecular weight is 1620 g/mol. The first-order valence-corrected chi connectivity index (χ1v) is 38.2. The maximum absolute atomic E-state index is 15.0. The molecule has 0 radical (unpaired) electrons. The smallest absolute Gasteiger partial charge is 0.373 e. The quantitative estimate of drug-likeness (QED) is 0.0145. The Balaban J connectivity index is 0.00000369. The van der Waals surface area contributed by atoms with Gasteiger partial charge in [0.2, 0.25) is 35.4 Å². The van der Waals surface area contributed by atoms with Crippen molar-refractivity contribution in [2.45, 2.75) is 140 Å². The number of imidazole rings is 1. The topological polar surface area (TPSA) is 556 Å². The minimum Gasteiger partial charge on any atom is -0.481 e. The van der Waals surface area contributed by atoms with Crippen LogP contribution in [0.4, 0.5) is 0 Å². The zero-order valence-electron chi connectivity index (χ0n) is 65.9. The Morgan fingerprint density at radius 3 is 1.59 bits per heavy atom. The summed E-state index contributed by atoms with van der Waals surface area (Å²) in [5.74, 6) is -12.7. The van der Waals surface area contributed by atoms with E-state index in [4.69, 9.17) is 46.0 Å². The number of rotatable bonds is 47. The zero-order chi connectivity index (χ0) is 85.7. The summed E-state index contributed by atoms with van der Waals surface area (Å²) in [5.41, 5.74) is 21.0. The van der Waals surface area contributed by atoms with E-state index in [0.717, 1.165) is 48.2 Å². The third-order valence-electron chi connectivity index (χ3n) is 19.4. The molecule has 0 spiro atoms. The Morgan fingerprint density at radius 1 is 0.509 bits per heavy atom. The highest BCUT2D eigenvalue weighted by molar-refractivity contribution is 5.97. The van der Waals surface area contributed by atoms with Gasteiger partial charge in [-0.05, 0) is 108 Å². The summed E-state index contributed by atoms with van der Waals surface area (Å²) in [6, 6.07) is 22.5. The van der Waals surface area contributed by atoms with Crippen molar-refractivity contribution in [2.24, 2.45) is 45.9 Å². The number of aliphatic carboxylic acids is 2. The van der Waals surface area contributed by atoms with Crippen molar-refractivity contribution in [3.63, 3.8) is 0 Å². The van der Waals surface area contributed by atoms with Crippen LogP contribution in [0, 0.1) is 23.7 Å². The van der Waals surface area contributed by atoms with Crippen molar-refractivity contribution < 1.29 is 96.5 Å². The first-order chi connectivity index (χ1) is 55.5. The molecule has 5 aromatic rings. The number of aromatic nitrogens is 3. The van der Waals surface area contributed by atoms with Gasteiger partial charge >= 0.3 is 30.4 Å². The fraction of sp³-hybridized carbons (Fsp3) is 0.512. The third-order valence-corrected chi connectivity index (χ3v) is 19.4. The number of carboxylic acids is 2. The highest BCUT2D eigenvalue weighted by atomic mass is 16.4. The van der Waals surface area contributed by atoms with Gasteiger partial charge in [-0.25, -0.2) is 4.98 Å². The first kappa shape index (κ1) is 98.3. The van der Waals surface area contributed by atoms with Crippen LogP contribution < -0.4 is 43.8 Å². The first-order valence-electron chi connectivity index (χ1n) is 38.2. The number of hydrogen-bond donors (Lipinski definition) is 12. The van der Waals surface area contributed by atoms with Gasteiger partial charge in [0.1, 0.15) is 0 Å². The highest BCUT2D eigenvalue weighted by Crippen LogP contribution is 2.25. The molecule has 1 fully saturated rings. The number of carboxylic acid groups (broad SMARTS) is 2. The van der Waals surface area contributed by atoms with Crippen molar-refractivity contribution in [3.8, 4) is 0 Å². The largest absolute Gasteiger partial charge is 0.481 e. The number of aliphatic imine (C=N–C) groups is 1. The Morgan fingerprint density at radius 2 is 1.03 bits per heavy atom. The second-order valence-corrected chi connectivity index (χ2v) is 28.4. The molecule has 2 aromatic heterocycles. The number of hydrogen-bond acceptors (Lipinski definition) is 24. The number of aromatic amines is 2. The number of para-hydroxylation sites is 1. The summed E-state index contributed by atoms with van der Waals surface area (Å²) in [6.45, 7) is 5.33. The van der Waals surface area contributed by atoms with E-state index in [-0.39, 0.29) is 133 Å². The Hall–Kier alpha value is -11.9. The van der Waals surface area contributed by atoms with Crippen LogP contribution in [0.2, 0.25) is 0 Å². The number of nitrogens with zero attached hydrogens (tertiary/aromatic N) is 6. The third kappa shape index (κ3) is 41.2. The van der Waals surface area contributed by atoms with Gasteiger partial charge < -0.3 is 78.7 Å². The average Bonchev–Trinajstić information content (AvgIpc) is 1.66. The van der Waals surface area contributed by atoms with Crippen LogP contribution in [0.5, 0.6) is 0 Å². The molecule has 6 rings (SSSR count). The van der Waals surface area contributed by atoms with Gasteiger partial charge in [-0.3, -0.25) is 67.4 Å². The number of H-pyrrole nitrogens is 2. The minimum absolute atomic E-state index is 0.00246. The number of primary amides is 1. The molecule has 0 saturated carbocycles. The van der Waals surface area contributed by atoms with Gasteiger partial charge in [-0.1, -0.05) is 85.3 Å². The number of benzene rings is 3. The second kappa shape index (κ2) is 56.4. The molecular formula is C80H110N16O20. The molecule has 36 heteroatoms. The predicted octanol–water partition coefficient (Wildman–Crippen LogP) is 0.729. The Labute approximate surface area is 672 Å². The number of likely N-dealkylation sites (N-methyl/N-ethyl adjacent to an activating group) is 3. The molecule has 1 aliphatic heterocycles. The van der Waals surface area contributed by atoms with Gasteiger partial charge in [-0.15, -0.1) is 0 Å². The molecular weight excluding hydrogens is 1500 g/mol. The van der Waals surface area contributed by atoms with E-state index in [1.165, 1.54) is 6.33 Å². The fourth-order valence-corrected chi connectivity index (χ4v) is 12.9. The normalized spacial score (nSPS) is 14.5. The van der Waals surface area contributed by atoms with Crippen LogP contribution in [-0.4, -0.2) is 257 Å². The summed E-state index contributed by atoms with van der Waals surface area (Å²) in [6.07, 6.45) is 4.70. The number of guanidine groups is 1. The Kier molecular flexibility index (Phi) is 47.8. The van der Waals surface area contributed by atoms with Crippen molar-refractivity contribution in [1.82, 2.24) is 61.1 Å². The number of carbonyl (C=O) groups excluding carboxylic acids is 16. The molecule has 1 saturated heterocycles. The second-order valence-electron chi connectivity index (χ2n) is 28.4. The lowest BCUT2D eigenvalue weighted by molar-refractivity contribution is -0.193. The molecule has 2 unspecified atom stereocenters. The number of aryl methyl sites for hydroxylation is 1. The van der Waals surface area contributed by atoms with Crippen LogP contribution in [0.15, 0.2) is 109 Å². The van der Waals surface area contributed by atoms with E-state index in [1.54, 1.807) is 24.5 Å². The number of Topliss-reactive ketones (excluding diaryl/α,β-unsaturated/α-hetero) is 4. The van der Waals surface area contributed by atoms with Crippen molar-refractivity contribution in [1.29, 1.82) is 0 Å². The number of amides is 6. The van der Waals surface area contributed by atoms with E-state index in [2.05, 4.69) is 68.3 Å². The number of nitrogens with two attached hydrogens (primary N) is 3. The van der Waals surface area contributed by atoms with Crippen molar-refractivity contribution in [3.05, 3.63) is 126 Å². The number of nitrogens with one attached hydrogen (secondary N) is 7. The molecule has 36 nitrogen and oxygen atoms in total. The molecule has 7 atom stereocenters. The fourth-order valence-electron chi connectivity index (χ4n) is 12.9. The number of fused-ring (bicyclic) bond motifs is 1.